The molecule has 24 heavy (non-hydrogen) atoms. The third kappa shape index (κ3) is 4.20. The predicted octanol–water partition coefficient (Wildman–Crippen LogP) is 2.63. The lowest BCUT2D eigenvalue weighted by Gasteiger charge is -2.25. The lowest BCUT2D eigenvalue weighted by molar-refractivity contribution is -0.104. The van der Waals surface area contributed by atoms with Crippen molar-refractivity contribution in [1.82, 2.24) is 14.9 Å². The van der Waals surface area contributed by atoms with Gasteiger partial charge >= 0.3 is 0 Å². The number of hydrogen-bond donors (Lipinski definition) is 0. The van der Waals surface area contributed by atoms with Gasteiger partial charge in [-0.1, -0.05) is 32.5 Å². The number of amidine groups is 1. The zero-order valence-corrected chi connectivity index (χ0v) is 15.2. The molecule has 126 valence electrons. The van der Waals surface area contributed by atoms with Crippen LogP contribution in [0.25, 0.3) is 5.70 Å². The Kier molecular flexibility index (Phi) is 5.73. The van der Waals surface area contributed by atoms with Crippen molar-refractivity contribution in [3.63, 3.8) is 0 Å². The normalized spacial score (nSPS) is 18.1. The molecule has 0 unspecified atom stereocenters. The van der Waals surface area contributed by atoms with Gasteiger partial charge in [-0.05, 0) is 6.42 Å². The van der Waals surface area contributed by atoms with Gasteiger partial charge in [-0.15, -0.1) is 0 Å². The van der Waals surface area contributed by atoms with Crippen molar-refractivity contribution in [3.8, 4) is 6.07 Å². The lowest BCUT2D eigenvalue weighted by Crippen LogP contribution is -2.30. The maximum atomic E-state index is 11.3. The van der Waals surface area contributed by atoms with Crippen LogP contribution in [-0.2, 0) is 10.2 Å². The van der Waals surface area contributed by atoms with Crippen LogP contribution in [0.1, 0.15) is 38.6 Å². The van der Waals surface area contributed by atoms with Gasteiger partial charge in [0.05, 0.1) is 5.70 Å². The third-order valence-electron chi connectivity index (χ3n) is 3.49. The Balaban J connectivity index is 2.49. The minimum Gasteiger partial charge on any atom is -0.354 e. The number of thioether (sulfide) groups is 1. The highest BCUT2D eigenvalue weighted by Gasteiger charge is 2.19. The van der Waals surface area contributed by atoms with E-state index < -0.39 is 0 Å². The van der Waals surface area contributed by atoms with E-state index in [2.05, 4.69) is 15.0 Å². The second-order valence-electron chi connectivity index (χ2n) is 6.56. The molecule has 0 N–H and O–H groups in total. The van der Waals surface area contributed by atoms with E-state index in [1.165, 1.54) is 0 Å². The summed E-state index contributed by atoms with van der Waals surface area (Å²) in [4.78, 5) is 26.6. The summed E-state index contributed by atoms with van der Waals surface area (Å²) in [7, 11) is 1.95. The molecule has 1 aliphatic rings. The quantitative estimate of drug-likeness (QED) is 0.477. The second-order valence-corrected chi connectivity index (χ2v) is 7.62. The van der Waals surface area contributed by atoms with E-state index in [1.54, 1.807) is 24.2 Å². The van der Waals surface area contributed by atoms with E-state index in [9.17, 15) is 10.1 Å². The van der Waals surface area contributed by atoms with Crippen LogP contribution in [0.15, 0.2) is 23.0 Å². The molecule has 0 saturated carbocycles. The summed E-state index contributed by atoms with van der Waals surface area (Å²) in [5.74, 6) is 1.67. The van der Waals surface area contributed by atoms with Crippen molar-refractivity contribution >= 4 is 28.9 Å². The van der Waals surface area contributed by atoms with E-state index in [0.717, 1.165) is 23.9 Å². The minimum atomic E-state index is -0.170. The van der Waals surface area contributed by atoms with Crippen molar-refractivity contribution in [2.45, 2.75) is 32.6 Å². The zero-order valence-electron chi connectivity index (χ0n) is 14.4. The molecule has 0 aliphatic carbocycles. The first-order valence-electron chi connectivity index (χ1n) is 7.72. The zero-order chi connectivity index (χ0) is 17.7. The van der Waals surface area contributed by atoms with Crippen molar-refractivity contribution in [2.24, 2.45) is 4.99 Å². The van der Waals surface area contributed by atoms with Gasteiger partial charge in [-0.25, -0.2) is 15.0 Å². The summed E-state index contributed by atoms with van der Waals surface area (Å²) in [5.41, 5.74) is 0.702. The summed E-state index contributed by atoms with van der Waals surface area (Å²) in [6, 6.07) is 1.92. The molecule has 1 aromatic rings. The standard InChI is InChI=1S/C17H21N5OS/c1-17(2,3)15-19-9-13(10-20-15)14(12(8-18)11-23)21-16-22(4)6-5-7-24-16/h9-11H,5-7H2,1-4H3/b14-12-,21-16+. The summed E-state index contributed by atoms with van der Waals surface area (Å²) < 4.78 is 0. The molecule has 0 spiro atoms. The summed E-state index contributed by atoms with van der Waals surface area (Å²) >= 11 is 1.62. The van der Waals surface area contributed by atoms with Crippen LogP contribution < -0.4 is 0 Å². The second kappa shape index (κ2) is 7.58. The van der Waals surface area contributed by atoms with E-state index in [0.29, 0.717) is 23.4 Å². The van der Waals surface area contributed by atoms with Crippen LogP contribution >= 0.6 is 11.8 Å². The number of aromatic nitrogens is 2. The molecule has 0 aromatic carbocycles. The minimum absolute atomic E-state index is 0.0193. The van der Waals surface area contributed by atoms with Crippen molar-refractivity contribution < 1.29 is 4.79 Å². The van der Waals surface area contributed by atoms with Crippen LogP contribution in [0.5, 0.6) is 0 Å². The molecule has 2 heterocycles. The van der Waals surface area contributed by atoms with E-state index in [-0.39, 0.29) is 11.0 Å². The number of carbonyl (C=O) groups excluding carboxylic acids is 1. The smallest absolute Gasteiger partial charge is 0.164 e. The summed E-state index contributed by atoms with van der Waals surface area (Å²) in [6.07, 6.45) is 4.87. The highest BCUT2D eigenvalue weighted by molar-refractivity contribution is 8.13. The molecule has 1 aliphatic heterocycles. The Morgan fingerprint density at radius 2 is 2.08 bits per heavy atom. The van der Waals surface area contributed by atoms with Crippen molar-refractivity contribution in [1.29, 1.82) is 5.26 Å². The van der Waals surface area contributed by atoms with Gasteiger partial charge in [-0.3, -0.25) is 4.79 Å². The number of hydrogen-bond acceptors (Lipinski definition) is 6. The molecule has 2 rings (SSSR count). The molecule has 1 aromatic heterocycles. The third-order valence-corrected chi connectivity index (χ3v) is 4.65. The van der Waals surface area contributed by atoms with Crippen LogP contribution in [0.2, 0.25) is 0 Å². The molecule has 6 nitrogen and oxygen atoms in total. The maximum Gasteiger partial charge on any atom is 0.164 e. The number of nitrogens with zero attached hydrogens (tertiary/aromatic N) is 5. The fourth-order valence-corrected chi connectivity index (χ4v) is 3.06. The molecule has 0 radical (unpaired) electrons. The molecule has 0 bridgehead atoms. The molecule has 0 amide bonds. The van der Waals surface area contributed by atoms with Crippen LogP contribution in [0.3, 0.4) is 0 Å². The largest absolute Gasteiger partial charge is 0.354 e. The van der Waals surface area contributed by atoms with Crippen molar-refractivity contribution in [3.05, 3.63) is 29.4 Å². The van der Waals surface area contributed by atoms with E-state index in [4.69, 9.17) is 0 Å². The molecule has 1 saturated heterocycles. The Morgan fingerprint density at radius 3 is 2.58 bits per heavy atom. The molecule has 1 fully saturated rings. The number of nitriles is 1. The predicted molar refractivity (Wildman–Crippen MR) is 96.5 cm³/mol. The van der Waals surface area contributed by atoms with Gasteiger partial charge in [0.15, 0.2) is 11.5 Å². The Morgan fingerprint density at radius 1 is 1.42 bits per heavy atom. The Hall–Kier alpha value is -2.20. The van der Waals surface area contributed by atoms with Gasteiger partial charge in [0.1, 0.15) is 17.5 Å². The summed E-state index contributed by atoms with van der Waals surface area (Å²) in [6.45, 7) is 6.98. The molecule has 0 atom stereocenters. The SMILES string of the molecule is CN1CCCS/C1=N/C(=C(/C#N)C=O)c1cnc(C(C)(C)C)nc1. The topological polar surface area (TPSA) is 82.2 Å². The monoisotopic (exact) mass is 343 g/mol. The molecular formula is C17H21N5OS. The van der Waals surface area contributed by atoms with Crippen LogP contribution in [-0.4, -0.2) is 45.7 Å². The van der Waals surface area contributed by atoms with E-state index in [1.807, 2.05) is 38.8 Å². The number of rotatable bonds is 3. The highest BCUT2D eigenvalue weighted by Crippen LogP contribution is 2.25. The average molecular weight is 343 g/mol. The van der Waals surface area contributed by atoms with Gasteiger partial charge in [-0.2, -0.15) is 5.26 Å². The number of aldehydes is 1. The fraction of sp³-hybridized carbons (Fsp3) is 0.471. The molecule has 7 heteroatoms. The summed E-state index contributed by atoms with van der Waals surface area (Å²) in [5, 5.41) is 10.1. The van der Waals surface area contributed by atoms with Crippen LogP contribution in [0.4, 0.5) is 0 Å². The number of aliphatic imine (C=N–C) groups is 1. The Labute approximate surface area is 146 Å². The average Bonchev–Trinajstić information content (AvgIpc) is 2.56. The van der Waals surface area contributed by atoms with Gasteiger partial charge < -0.3 is 4.90 Å². The maximum absolute atomic E-state index is 11.3. The van der Waals surface area contributed by atoms with Gasteiger partial charge in [0.25, 0.3) is 0 Å². The first-order chi connectivity index (χ1) is 11.4. The van der Waals surface area contributed by atoms with Gasteiger partial charge in [0.2, 0.25) is 0 Å². The molecular weight excluding hydrogens is 322 g/mol. The number of allylic oxidation sites excluding steroid dienone is 1. The first kappa shape index (κ1) is 18.1. The van der Waals surface area contributed by atoms with Gasteiger partial charge in [0, 0.05) is 42.7 Å². The lowest BCUT2D eigenvalue weighted by atomic mass is 9.95. The first-order valence-corrected chi connectivity index (χ1v) is 8.70. The van der Waals surface area contributed by atoms with E-state index >= 15 is 0 Å². The van der Waals surface area contributed by atoms with Crippen LogP contribution in [0, 0.1) is 11.3 Å². The number of carbonyl (C=O) groups is 1. The van der Waals surface area contributed by atoms with Crippen molar-refractivity contribution in [2.75, 3.05) is 19.3 Å². The Bertz CT molecular complexity index is 710. The highest BCUT2D eigenvalue weighted by atomic mass is 32.2. The fourth-order valence-electron chi connectivity index (χ4n) is 2.14.